The molecule has 0 saturated carbocycles. The first-order valence-electron chi connectivity index (χ1n) is 11.9. The Morgan fingerprint density at radius 1 is 1.08 bits per heavy atom. The van der Waals surface area contributed by atoms with E-state index in [9.17, 15) is 18.0 Å². The molecule has 1 aliphatic rings. The lowest BCUT2D eigenvalue weighted by Crippen LogP contribution is -2.51. The lowest BCUT2D eigenvalue weighted by atomic mass is 10.1. The van der Waals surface area contributed by atoms with Gasteiger partial charge in [0, 0.05) is 24.2 Å². The molecule has 0 fully saturated rings. The molecule has 3 rings (SSSR count). The van der Waals surface area contributed by atoms with Crippen LogP contribution in [-0.2, 0) is 26.2 Å². The molecule has 9 nitrogen and oxygen atoms in total. The van der Waals surface area contributed by atoms with Crippen LogP contribution in [0.5, 0.6) is 11.5 Å². The molecule has 196 valence electrons. The summed E-state index contributed by atoms with van der Waals surface area (Å²) in [4.78, 5) is 27.8. The van der Waals surface area contributed by atoms with Gasteiger partial charge in [-0.05, 0) is 50.1 Å². The van der Waals surface area contributed by atoms with Gasteiger partial charge in [-0.2, -0.15) is 0 Å². The summed E-state index contributed by atoms with van der Waals surface area (Å²) in [6.07, 6.45) is 0.743. The van der Waals surface area contributed by atoms with Crippen LogP contribution in [0.3, 0.4) is 0 Å². The smallest absolute Gasteiger partial charge is 0.244 e. The van der Waals surface area contributed by atoms with Crippen molar-refractivity contribution < 1.29 is 27.5 Å². The van der Waals surface area contributed by atoms with Gasteiger partial charge in [-0.3, -0.25) is 13.9 Å². The molecule has 0 spiro atoms. The van der Waals surface area contributed by atoms with E-state index in [-0.39, 0.29) is 23.9 Å². The number of carbonyl (C=O) groups excluding carboxylic acids is 2. The van der Waals surface area contributed by atoms with Crippen LogP contribution in [-0.4, -0.2) is 63.2 Å². The van der Waals surface area contributed by atoms with Crippen molar-refractivity contribution in [2.24, 2.45) is 0 Å². The van der Waals surface area contributed by atoms with E-state index >= 15 is 0 Å². The standard InChI is InChI=1S/C25H32ClN3O6S/c1-4-11-27-25(31)18(3)28(16-19-7-6-8-20(26)14-19)24(30)17-29(36(32,33)5-2)21-9-10-22-23(15-21)35-13-12-34-22/h6-10,14-15,18H,4-5,11-13,16-17H2,1-3H3,(H,27,31)/t18-/m0/s1. The number of anilines is 1. The molecule has 1 atom stereocenters. The van der Waals surface area contributed by atoms with Crippen molar-refractivity contribution in [3.05, 3.63) is 53.1 Å². The van der Waals surface area contributed by atoms with E-state index in [1.807, 2.05) is 6.92 Å². The summed E-state index contributed by atoms with van der Waals surface area (Å²) >= 11 is 6.13. The topological polar surface area (TPSA) is 105 Å². The fourth-order valence-corrected chi connectivity index (χ4v) is 4.98. The highest BCUT2D eigenvalue weighted by Crippen LogP contribution is 2.35. The SMILES string of the molecule is CCCNC(=O)[C@H](C)N(Cc1cccc(Cl)c1)C(=O)CN(c1ccc2c(c1)OCCO2)S(=O)(=O)CC. The number of sulfonamides is 1. The van der Waals surface area contributed by atoms with Crippen molar-refractivity contribution >= 4 is 39.1 Å². The summed E-state index contributed by atoms with van der Waals surface area (Å²) in [5.74, 6) is -0.146. The number of ether oxygens (including phenoxy) is 2. The fourth-order valence-electron chi connectivity index (χ4n) is 3.72. The number of amides is 2. The number of fused-ring (bicyclic) bond motifs is 1. The third-order valence-corrected chi connectivity index (χ3v) is 7.73. The Hall–Kier alpha value is -2.98. The van der Waals surface area contributed by atoms with E-state index < -0.39 is 28.5 Å². The lowest BCUT2D eigenvalue weighted by molar-refractivity contribution is -0.139. The van der Waals surface area contributed by atoms with Gasteiger partial charge in [-0.1, -0.05) is 30.7 Å². The van der Waals surface area contributed by atoms with Crippen LogP contribution in [0.2, 0.25) is 5.02 Å². The zero-order valence-electron chi connectivity index (χ0n) is 20.7. The van der Waals surface area contributed by atoms with Gasteiger partial charge in [0.25, 0.3) is 0 Å². The summed E-state index contributed by atoms with van der Waals surface area (Å²) in [5, 5.41) is 3.30. The lowest BCUT2D eigenvalue weighted by Gasteiger charge is -2.32. The average molecular weight is 538 g/mol. The highest BCUT2D eigenvalue weighted by molar-refractivity contribution is 7.92. The monoisotopic (exact) mass is 537 g/mol. The van der Waals surface area contributed by atoms with Crippen LogP contribution in [0, 0.1) is 0 Å². The second kappa shape index (κ2) is 12.3. The average Bonchev–Trinajstić information content (AvgIpc) is 2.88. The summed E-state index contributed by atoms with van der Waals surface area (Å²) in [6.45, 7) is 5.87. The van der Waals surface area contributed by atoms with E-state index in [2.05, 4.69) is 5.32 Å². The molecule has 0 saturated heterocycles. The Bertz CT molecular complexity index is 1190. The number of halogens is 1. The Labute approximate surface area is 217 Å². The normalized spacial score (nSPS) is 13.6. The van der Waals surface area contributed by atoms with Crippen LogP contribution in [0.25, 0.3) is 0 Å². The van der Waals surface area contributed by atoms with Gasteiger partial charge in [0.15, 0.2) is 11.5 Å². The Morgan fingerprint density at radius 3 is 2.47 bits per heavy atom. The van der Waals surface area contributed by atoms with Gasteiger partial charge in [0.2, 0.25) is 21.8 Å². The first-order chi connectivity index (χ1) is 17.2. The molecule has 0 aliphatic carbocycles. The molecular weight excluding hydrogens is 506 g/mol. The van der Waals surface area contributed by atoms with Crippen molar-refractivity contribution in [2.75, 3.05) is 36.4 Å². The zero-order valence-corrected chi connectivity index (χ0v) is 22.3. The van der Waals surface area contributed by atoms with E-state index in [1.54, 1.807) is 49.4 Å². The maximum absolute atomic E-state index is 13.6. The van der Waals surface area contributed by atoms with Gasteiger partial charge < -0.3 is 19.7 Å². The number of benzene rings is 2. The minimum absolute atomic E-state index is 0.0846. The van der Waals surface area contributed by atoms with E-state index in [1.165, 1.54) is 11.8 Å². The molecule has 0 radical (unpaired) electrons. The minimum Gasteiger partial charge on any atom is -0.486 e. The quantitative estimate of drug-likeness (QED) is 0.472. The third kappa shape index (κ3) is 6.82. The number of nitrogens with one attached hydrogen (secondary N) is 1. The molecule has 1 N–H and O–H groups in total. The maximum atomic E-state index is 13.6. The van der Waals surface area contributed by atoms with Crippen molar-refractivity contribution in [3.63, 3.8) is 0 Å². The second-order valence-corrected chi connectivity index (χ2v) is 11.0. The van der Waals surface area contributed by atoms with Gasteiger partial charge in [-0.25, -0.2) is 8.42 Å². The fraction of sp³-hybridized carbons (Fsp3) is 0.440. The molecule has 36 heavy (non-hydrogen) atoms. The van der Waals surface area contributed by atoms with E-state index in [0.29, 0.717) is 36.3 Å². The van der Waals surface area contributed by atoms with Crippen molar-refractivity contribution in [2.45, 2.75) is 39.8 Å². The van der Waals surface area contributed by atoms with Crippen molar-refractivity contribution in [1.29, 1.82) is 0 Å². The first kappa shape index (κ1) is 27.6. The molecule has 1 heterocycles. The minimum atomic E-state index is -3.84. The van der Waals surface area contributed by atoms with Gasteiger partial charge in [-0.15, -0.1) is 0 Å². The molecule has 2 aromatic rings. The van der Waals surface area contributed by atoms with Crippen molar-refractivity contribution in [3.8, 4) is 11.5 Å². The highest BCUT2D eigenvalue weighted by atomic mass is 35.5. The Morgan fingerprint density at radius 2 is 1.81 bits per heavy atom. The van der Waals surface area contributed by atoms with Gasteiger partial charge in [0.05, 0.1) is 11.4 Å². The van der Waals surface area contributed by atoms with Crippen LogP contribution in [0.4, 0.5) is 5.69 Å². The highest BCUT2D eigenvalue weighted by Gasteiger charge is 2.31. The van der Waals surface area contributed by atoms with Crippen LogP contribution in [0.15, 0.2) is 42.5 Å². The van der Waals surface area contributed by atoms with Crippen LogP contribution in [0.1, 0.15) is 32.8 Å². The van der Waals surface area contributed by atoms with E-state index in [4.69, 9.17) is 21.1 Å². The number of rotatable bonds is 11. The third-order valence-electron chi connectivity index (χ3n) is 5.75. The summed E-state index contributed by atoms with van der Waals surface area (Å²) in [6, 6.07) is 10.9. The summed E-state index contributed by atoms with van der Waals surface area (Å²) in [7, 11) is -3.84. The number of nitrogens with zero attached hydrogens (tertiary/aromatic N) is 2. The van der Waals surface area contributed by atoms with Crippen LogP contribution < -0.4 is 19.1 Å². The van der Waals surface area contributed by atoms with Gasteiger partial charge >= 0.3 is 0 Å². The van der Waals surface area contributed by atoms with Crippen molar-refractivity contribution in [1.82, 2.24) is 10.2 Å². The molecule has 0 unspecified atom stereocenters. The van der Waals surface area contributed by atoms with E-state index in [0.717, 1.165) is 16.3 Å². The predicted molar refractivity (Wildman–Crippen MR) is 139 cm³/mol. The zero-order chi connectivity index (χ0) is 26.3. The Balaban J connectivity index is 1.93. The number of hydrogen-bond donors (Lipinski definition) is 1. The molecular formula is C25H32ClN3O6S. The summed E-state index contributed by atoms with van der Waals surface area (Å²) in [5.41, 5.74) is 0.996. The molecule has 0 bridgehead atoms. The molecule has 2 amide bonds. The maximum Gasteiger partial charge on any atom is 0.244 e. The largest absolute Gasteiger partial charge is 0.486 e. The molecule has 2 aromatic carbocycles. The molecule has 11 heteroatoms. The summed E-state index contributed by atoms with van der Waals surface area (Å²) < 4.78 is 38.3. The van der Waals surface area contributed by atoms with Gasteiger partial charge in [0.1, 0.15) is 25.8 Å². The molecule has 1 aliphatic heterocycles. The van der Waals surface area contributed by atoms with Crippen LogP contribution >= 0.6 is 11.6 Å². The Kier molecular flexibility index (Phi) is 9.44. The number of carbonyl (C=O) groups is 2. The number of hydrogen-bond acceptors (Lipinski definition) is 6. The second-order valence-electron chi connectivity index (χ2n) is 8.35. The predicted octanol–water partition coefficient (Wildman–Crippen LogP) is 3.21. The molecule has 0 aromatic heterocycles. The first-order valence-corrected chi connectivity index (χ1v) is 13.9.